The molecule has 2 aliphatic rings. The van der Waals surface area contributed by atoms with Gasteiger partial charge in [0.15, 0.2) is 5.60 Å². The second-order valence-corrected chi connectivity index (χ2v) is 5.71. The predicted octanol–water partition coefficient (Wildman–Crippen LogP) is -0.766. The molecular weight excluding hydrogens is 252 g/mol. The summed E-state index contributed by atoms with van der Waals surface area (Å²) in [4.78, 5) is 24.2. The number of aliphatic hydroxyl groups excluding tert-OH is 1. The minimum atomic E-state index is -1.97. The molecule has 2 fully saturated rings. The molecular formula is C12H20N2O5. The van der Waals surface area contributed by atoms with Gasteiger partial charge in [-0.25, -0.2) is 9.59 Å². The molecule has 0 aromatic carbocycles. The van der Waals surface area contributed by atoms with Crippen molar-refractivity contribution in [2.75, 3.05) is 19.6 Å². The fourth-order valence-electron chi connectivity index (χ4n) is 2.84. The van der Waals surface area contributed by atoms with E-state index in [1.165, 1.54) is 0 Å². The number of carboxylic acids is 1. The quantitative estimate of drug-likeness (QED) is 0.539. The van der Waals surface area contributed by atoms with Crippen molar-refractivity contribution in [2.24, 2.45) is 11.8 Å². The van der Waals surface area contributed by atoms with Gasteiger partial charge in [-0.05, 0) is 25.7 Å². The van der Waals surface area contributed by atoms with Crippen LogP contribution in [0.2, 0.25) is 0 Å². The van der Waals surface area contributed by atoms with Crippen molar-refractivity contribution < 1.29 is 24.9 Å². The molecule has 0 bridgehead atoms. The number of nitrogens with zero attached hydrogens (tertiary/aromatic N) is 1. The summed E-state index contributed by atoms with van der Waals surface area (Å²) in [6.45, 7) is 1.88. The molecule has 19 heavy (non-hydrogen) atoms. The highest BCUT2D eigenvalue weighted by Crippen LogP contribution is 2.37. The zero-order chi connectivity index (χ0) is 14.2. The van der Waals surface area contributed by atoms with Crippen molar-refractivity contribution in [3.63, 3.8) is 0 Å². The first-order chi connectivity index (χ1) is 8.81. The Balaban J connectivity index is 1.84. The lowest BCUT2D eigenvalue weighted by atomic mass is 10.00. The molecule has 2 amide bonds. The van der Waals surface area contributed by atoms with Gasteiger partial charge in [0.2, 0.25) is 0 Å². The lowest BCUT2D eigenvalue weighted by molar-refractivity contribution is -0.155. The van der Waals surface area contributed by atoms with Crippen LogP contribution in [0.3, 0.4) is 0 Å². The average molecular weight is 272 g/mol. The molecule has 7 heteroatoms. The van der Waals surface area contributed by atoms with E-state index in [1.54, 1.807) is 4.90 Å². The van der Waals surface area contributed by atoms with Crippen LogP contribution in [0.4, 0.5) is 4.79 Å². The number of amides is 2. The summed E-state index contributed by atoms with van der Waals surface area (Å²) in [5.74, 6) is -0.909. The molecule has 2 rings (SSSR count). The first-order valence-corrected chi connectivity index (χ1v) is 6.48. The van der Waals surface area contributed by atoms with E-state index in [2.05, 4.69) is 5.32 Å². The van der Waals surface area contributed by atoms with Gasteiger partial charge in [-0.3, -0.25) is 0 Å². The van der Waals surface area contributed by atoms with Crippen LogP contribution in [0.25, 0.3) is 0 Å². The summed E-state index contributed by atoms with van der Waals surface area (Å²) < 4.78 is 0. The van der Waals surface area contributed by atoms with Gasteiger partial charge in [-0.15, -0.1) is 0 Å². The van der Waals surface area contributed by atoms with E-state index in [4.69, 9.17) is 5.11 Å². The molecule has 1 saturated carbocycles. The summed E-state index contributed by atoms with van der Waals surface area (Å²) in [5.41, 5.74) is -1.97. The third-order valence-electron chi connectivity index (χ3n) is 4.15. The van der Waals surface area contributed by atoms with E-state index in [0.717, 1.165) is 19.8 Å². The molecule has 4 unspecified atom stereocenters. The summed E-state index contributed by atoms with van der Waals surface area (Å²) in [6, 6.07) is -0.386. The zero-order valence-electron chi connectivity index (χ0n) is 10.9. The molecule has 1 aliphatic heterocycles. The number of likely N-dealkylation sites (tertiary alicyclic amines) is 1. The minimum Gasteiger partial charge on any atom is -0.479 e. The molecule has 1 heterocycles. The Bertz CT molecular complexity index is 384. The number of hydrogen-bond donors (Lipinski definition) is 4. The third kappa shape index (κ3) is 2.82. The van der Waals surface area contributed by atoms with Crippen molar-refractivity contribution in [3.8, 4) is 0 Å². The predicted molar refractivity (Wildman–Crippen MR) is 65.5 cm³/mol. The van der Waals surface area contributed by atoms with Gasteiger partial charge in [0.1, 0.15) is 0 Å². The van der Waals surface area contributed by atoms with Crippen molar-refractivity contribution in [1.29, 1.82) is 0 Å². The molecule has 0 radical (unpaired) electrons. The van der Waals surface area contributed by atoms with Crippen LogP contribution in [-0.4, -0.2) is 63.6 Å². The van der Waals surface area contributed by atoms with Gasteiger partial charge in [0.05, 0.1) is 12.6 Å². The molecule has 0 aromatic rings. The normalized spacial score (nSPS) is 32.8. The second kappa shape index (κ2) is 4.97. The van der Waals surface area contributed by atoms with Crippen LogP contribution >= 0.6 is 0 Å². The minimum absolute atomic E-state index is 0.130. The second-order valence-electron chi connectivity index (χ2n) is 5.71. The molecule has 108 valence electrons. The first kappa shape index (κ1) is 14.1. The van der Waals surface area contributed by atoms with Gasteiger partial charge in [0, 0.05) is 19.0 Å². The standard InChI is InChI=1S/C12H20N2O5/c1-12(19,10(16)17)6-13-11(18)14-4-7-2-3-9(15)8(7)5-14/h7-9,15,19H,2-6H2,1H3,(H,13,18)(H,16,17). The monoisotopic (exact) mass is 272 g/mol. The van der Waals surface area contributed by atoms with Gasteiger partial charge < -0.3 is 25.5 Å². The Morgan fingerprint density at radius 1 is 1.37 bits per heavy atom. The van der Waals surface area contributed by atoms with Gasteiger partial charge >= 0.3 is 12.0 Å². The summed E-state index contributed by atoms with van der Waals surface area (Å²) >= 11 is 0. The van der Waals surface area contributed by atoms with Crippen LogP contribution < -0.4 is 5.32 Å². The molecule has 4 atom stereocenters. The highest BCUT2D eigenvalue weighted by atomic mass is 16.4. The number of hydrogen-bond acceptors (Lipinski definition) is 4. The molecule has 1 saturated heterocycles. The molecule has 1 aliphatic carbocycles. The van der Waals surface area contributed by atoms with Crippen LogP contribution in [0.5, 0.6) is 0 Å². The average Bonchev–Trinajstić information content (AvgIpc) is 2.89. The summed E-state index contributed by atoms with van der Waals surface area (Å²) in [7, 11) is 0. The molecule has 4 N–H and O–H groups in total. The van der Waals surface area contributed by atoms with Crippen LogP contribution in [0.15, 0.2) is 0 Å². The Morgan fingerprint density at radius 2 is 2.05 bits per heavy atom. The van der Waals surface area contributed by atoms with E-state index in [0.29, 0.717) is 19.0 Å². The molecule has 0 aromatic heterocycles. The fraction of sp³-hybridized carbons (Fsp3) is 0.833. The summed E-state index contributed by atoms with van der Waals surface area (Å²) in [6.07, 6.45) is 1.37. The highest BCUT2D eigenvalue weighted by Gasteiger charge is 2.43. The van der Waals surface area contributed by atoms with Crippen molar-refractivity contribution in [2.45, 2.75) is 31.5 Å². The van der Waals surface area contributed by atoms with Crippen LogP contribution in [-0.2, 0) is 4.79 Å². The number of carbonyl (C=O) groups excluding carboxylic acids is 1. The maximum absolute atomic E-state index is 11.9. The van der Waals surface area contributed by atoms with Crippen molar-refractivity contribution in [1.82, 2.24) is 10.2 Å². The maximum atomic E-state index is 11.9. The van der Waals surface area contributed by atoms with Crippen LogP contribution in [0.1, 0.15) is 19.8 Å². The van der Waals surface area contributed by atoms with E-state index in [-0.39, 0.29) is 24.6 Å². The Labute approximate surface area is 111 Å². The maximum Gasteiger partial charge on any atom is 0.337 e. The number of fused-ring (bicyclic) bond motifs is 1. The Kier molecular flexibility index (Phi) is 3.69. The highest BCUT2D eigenvalue weighted by molar-refractivity contribution is 5.79. The molecule has 0 spiro atoms. The number of rotatable bonds is 3. The Morgan fingerprint density at radius 3 is 2.63 bits per heavy atom. The van der Waals surface area contributed by atoms with Gasteiger partial charge in [-0.1, -0.05) is 0 Å². The molecule has 7 nitrogen and oxygen atoms in total. The van der Waals surface area contributed by atoms with Crippen LogP contribution in [0, 0.1) is 11.8 Å². The lowest BCUT2D eigenvalue weighted by Crippen LogP contribution is -2.50. The van der Waals surface area contributed by atoms with E-state index >= 15 is 0 Å². The number of carbonyl (C=O) groups is 2. The van der Waals surface area contributed by atoms with Crippen molar-refractivity contribution in [3.05, 3.63) is 0 Å². The van der Waals surface area contributed by atoms with E-state index in [9.17, 15) is 19.8 Å². The SMILES string of the molecule is CC(O)(CNC(=O)N1CC2CCC(O)C2C1)C(=O)O. The largest absolute Gasteiger partial charge is 0.479 e. The van der Waals surface area contributed by atoms with Gasteiger partial charge in [0.25, 0.3) is 0 Å². The lowest BCUT2D eigenvalue weighted by Gasteiger charge is -2.23. The number of nitrogens with one attached hydrogen (secondary N) is 1. The number of urea groups is 1. The summed E-state index contributed by atoms with van der Waals surface area (Å²) in [5, 5.41) is 30.4. The topological polar surface area (TPSA) is 110 Å². The van der Waals surface area contributed by atoms with Gasteiger partial charge in [-0.2, -0.15) is 0 Å². The van der Waals surface area contributed by atoms with E-state index in [1.807, 2.05) is 0 Å². The fourth-order valence-corrected chi connectivity index (χ4v) is 2.84. The number of carboxylic acid groups (broad SMARTS) is 1. The number of aliphatic hydroxyl groups is 2. The van der Waals surface area contributed by atoms with E-state index < -0.39 is 11.6 Å². The third-order valence-corrected chi connectivity index (χ3v) is 4.15. The Hall–Kier alpha value is -1.34. The van der Waals surface area contributed by atoms with Crippen molar-refractivity contribution >= 4 is 12.0 Å². The first-order valence-electron chi connectivity index (χ1n) is 6.48. The zero-order valence-corrected chi connectivity index (χ0v) is 10.9. The number of aliphatic carboxylic acids is 1. The smallest absolute Gasteiger partial charge is 0.337 e.